The Morgan fingerprint density at radius 3 is 1.07 bits per heavy atom. The van der Waals surface area contributed by atoms with E-state index in [4.69, 9.17) is 0 Å². The molecule has 0 aliphatic heterocycles. The van der Waals surface area contributed by atoms with Gasteiger partial charge in [-0.3, -0.25) is 13.2 Å². The van der Waals surface area contributed by atoms with Crippen LogP contribution < -0.4 is 24.5 Å². The molecule has 0 heterocycles. The predicted octanol–water partition coefficient (Wildman–Crippen LogP) is -3.86. The van der Waals surface area contributed by atoms with Crippen LogP contribution in [0.4, 0.5) is 0 Å². The summed E-state index contributed by atoms with van der Waals surface area (Å²) in [6, 6.07) is 0. The maximum Gasteiger partial charge on any atom is 0.275 e. The van der Waals surface area contributed by atoms with Crippen LogP contribution in [0.25, 0.3) is 0 Å². The molecule has 0 rings (SSSR count). The van der Waals surface area contributed by atoms with Crippen molar-refractivity contribution < 1.29 is 63.9 Å². The molecule has 1 radical (unpaired) electrons. The van der Waals surface area contributed by atoms with E-state index in [1.807, 2.05) is 0 Å². The molecular formula is MnO10P3-5. The monoisotopic (exact) mass is 308 g/mol. The van der Waals surface area contributed by atoms with Crippen molar-refractivity contribution in [3.8, 4) is 0 Å². The van der Waals surface area contributed by atoms with Crippen molar-refractivity contribution in [2.24, 2.45) is 0 Å². The Hall–Kier alpha value is 0.929. The molecule has 0 aromatic heterocycles. The van der Waals surface area contributed by atoms with Gasteiger partial charge in [0.15, 0.2) is 0 Å². The van der Waals surface area contributed by atoms with Crippen molar-refractivity contribution in [3.05, 3.63) is 0 Å². The standard InChI is InChI=1S/Mn.H5O10P3/c;1-11(2,3)9-13(7,8)10-12(4,5)6/h;(H,7,8)(H2,1,2,3)(H2,4,5,6)/p-5. The molecular weight excluding hydrogens is 308 g/mol. The van der Waals surface area contributed by atoms with Crippen LogP contribution in [-0.4, -0.2) is 0 Å². The van der Waals surface area contributed by atoms with Gasteiger partial charge in [0, 0.05) is 17.1 Å². The molecule has 0 saturated carbocycles. The minimum atomic E-state index is -5.97. The SMILES string of the molecule is O=P([O-])([O-])OP(=O)([O-])OP(=O)([O-])[O-].[Mn]. The molecule has 0 fully saturated rings. The third-order valence-electron chi connectivity index (χ3n) is 0.400. The van der Waals surface area contributed by atoms with E-state index in [1.54, 1.807) is 0 Å². The number of phosphoric acid groups is 3. The molecule has 0 aliphatic rings. The zero-order chi connectivity index (χ0) is 10.9. The fourth-order valence-corrected chi connectivity index (χ4v) is 2.61. The van der Waals surface area contributed by atoms with Crippen molar-refractivity contribution in [3.63, 3.8) is 0 Å². The van der Waals surface area contributed by atoms with Crippen LogP contribution in [0.3, 0.4) is 0 Å². The van der Waals surface area contributed by atoms with Gasteiger partial charge in [-0.25, -0.2) is 0 Å². The van der Waals surface area contributed by atoms with Gasteiger partial charge in [-0.1, -0.05) is 0 Å². The molecule has 0 aromatic carbocycles. The van der Waals surface area contributed by atoms with E-state index in [0.717, 1.165) is 0 Å². The van der Waals surface area contributed by atoms with Crippen molar-refractivity contribution in [2.75, 3.05) is 0 Å². The van der Waals surface area contributed by atoms with Crippen molar-refractivity contribution >= 4 is 23.5 Å². The van der Waals surface area contributed by atoms with Gasteiger partial charge < -0.3 is 33.6 Å². The molecule has 87 valence electrons. The molecule has 0 unspecified atom stereocenters. The topological polar surface area (TPSA) is 185 Å². The molecule has 0 atom stereocenters. The van der Waals surface area contributed by atoms with Crippen LogP contribution in [0.5, 0.6) is 0 Å². The Morgan fingerprint density at radius 2 is 0.929 bits per heavy atom. The fourth-order valence-electron chi connectivity index (χ4n) is 0.260. The predicted molar refractivity (Wildman–Crippen MR) is 25.0 cm³/mol. The summed E-state index contributed by atoms with van der Waals surface area (Å²) < 4.78 is 34.7. The summed E-state index contributed by atoms with van der Waals surface area (Å²) in [6.07, 6.45) is 0. The van der Waals surface area contributed by atoms with E-state index in [0.29, 0.717) is 0 Å². The summed E-state index contributed by atoms with van der Waals surface area (Å²) in [5.74, 6) is 0. The van der Waals surface area contributed by atoms with Crippen LogP contribution in [-0.2, 0) is 39.4 Å². The first-order valence-electron chi connectivity index (χ1n) is 2.19. The van der Waals surface area contributed by atoms with Crippen LogP contribution in [0.1, 0.15) is 0 Å². The summed E-state index contributed by atoms with van der Waals surface area (Å²) in [4.78, 5) is 48.6. The zero-order valence-electron chi connectivity index (χ0n) is 5.80. The van der Waals surface area contributed by atoms with Gasteiger partial charge in [0.2, 0.25) is 0 Å². The molecule has 14 heavy (non-hydrogen) atoms. The van der Waals surface area contributed by atoms with Gasteiger partial charge >= 0.3 is 0 Å². The molecule has 0 amide bonds. The molecule has 0 aromatic rings. The first kappa shape index (κ1) is 17.3. The Kier molecular flexibility index (Phi) is 6.58. The van der Waals surface area contributed by atoms with Gasteiger partial charge in [0.25, 0.3) is 7.82 Å². The van der Waals surface area contributed by atoms with E-state index in [2.05, 4.69) is 8.62 Å². The van der Waals surface area contributed by atoms with E-state index in [-0.39, 0.29) is 17.1 Å². The minimum Gasteiger partial charge on any atom is -0.790 e. The summed E-state index contributed by atoms with van der Waals surface area (Å²) in [5, 5.41) is 0. The maximum absolute atomic E-state index is 10.1. The second kappa shape index (κ2) is 5.32. The first-order valence-corrected chi connectivity index (χ1v) is 6.57. The van der Waals surface area contributed by atoms with Crippen LogP contribution in [0, 0.1) is 0 Å². The van der Waals surface area contributed by atoms with Crippen molar-refractivity contribution in [1.82, 2.24) is 0 Å². The van der Waals surface area contributed by atoms with Crippen LogP contribution >= 0.6 is 23.5 Å². The Balaban J connectivity index is 0. The Morgan fingerprint density at radius 1 is 0.714 bits per heavy atom. The van der Waals surface area contributed by atoms with Gasteiger partial charge in [-0.2, -0.15) is 0 Å². The normalized spacial score (nSPS) is 13.5. The number of hydrogen-bond donors (Lipinski definition) is 0. The van der Waals surface area contributed by atoms with E-state index in [9.17, 15) is 38.2 Å². The second-order valence-electron chi connectivity index (χ2n) is 1.50. The molecule has 0 N–H and O–H groups in total. The van der Waals surface area contributed by atoms with E-state index < -0.39 is 23.5 Å². The molecule has 10 nitrogen and oxygen atoms in total. The molecule has 0 aliphatic carbocycles. The van der Waals surface area contributed by atoms with Crippen molar-refractivity contribution in [1.29, 1.82) is 0 Å². The number of hydrogen-bond acceptors (Lipinski definition) is 10. The molecule has 0 spiro atoms. The quantitative estimate of drug-likeness (QED) is 0.367. The smallest absolute Gasteiger partial charge is 0.275 e. The zero-order valence-corrected chi connectivity index (χ0v) is 9.67. The summed E-state index contributed by atoms with van der Waals surface area (Å²) in [7, 11) is -17.9. The summed E-state index contributed by atoms with van der Waals surface area (Å²) in [5.41, 5.74) is 0. The van der Waals surface area contributed by atoms with Gasteiger partial charge in [0.1, 0.15) is 0 Å². The van der Waals surface area contributed by atoms with E-state index in [1.165, 1.54) is 0 Å². The van der Waals surface area contributed by atoms with Gasteiger partial charge in [0.05, 0.1) is 15.6 Å². The number of rotatable bonds is 4. The third kappa shape index (κ3) is 11.0. The molecule has 0 bridgehead atoms. The molecule has 0 saturated heterocycles. The maximum atomic E-state index is 10.1. The van der Waals surface area contributed by atoms with Crippen LogP contribution in [0.15, 0.2) is 0 Å². The first-order chi connectivity index (χ1) is 5.41. The summed E-state index contributed by atoms with van der Waals surface area (Å²) in [6.45, 7) is 0. The Bertz CT molecular complexity index is 277. The van der Waals surface area contributed by atoms with E-state index >= 15 is 0 Å². The second-order valence-corrected chi connectivity index (χ2v) is 5.49. The van der Waals surface area contributed by atoms with Gasteiger partial charge in [-0.05, 0) is 0 Å². The summed E-state index contributed by atoms with van der Waals surface area (Å²) >= 11 is 0. The average Bonchev–Trinajstić information content (AvgIpc) is 1.43. The van der Waals surface area contributed by atoms with Crippen LogP contribution in [0.2, 0.25) is 0 Å². The Labute approximate surface area is 87.8 Å². The molecule has 14 heteroatoms. The minimum absolute atomic E-state index is 0. The average molecular weight is 308 g/mol. The van der Waals surface area contributed by atoms with Crippen molar-refractivity contribution in [2.45, 2.75) is 0 Å². The largest absolute Gasteiger partial charge is 0.790 e. The third-order valence-corrected chi connectivity index (χ3v) is 3.60. The fraction of sp³-hybridized carbons (Fsp3) is 0. The van der Waals surface area contributed by atoms with Gasteiger partial charge in [-0.15, -0.1) is 0 Å².